The van der Waals surface area contributed by atoms with Crippen LogP contribution in [0.3, 0.4) is 0 Å². The number of carboxylic acids is 1. The van der Waals surface area contributed by atoms with E-state index in [-0.39, 0.29) is 16.6 Å². The maximum Gasteiger partial charge on any atom is 0.336 e. The Kier molecular flexibility index (Phi) is 3.12. The molecular formula is C14H15N3O4. The molecule has 2 aromatic rings. The van der Waals surface area contributed by atoms with Gasteiger partial charge in [-0.15, -0.1) is 0 Å². The summed E-state index contributed by atoms with van der Waals surface area (Å²) in [6.45, 7) is 2.07. The summed E-state index contributed by atoms with van der Waals surface area (Å²) < 4.78 is 1.30. The van der Waals surface area contributed by atoms with Gasteiger partial charge in [-0.25, -0.2) is 14.6 Å². The number of aromatic amines is 1. The fraction of sp³-hybridized carbons (Fsp3) is 0.429. The van der Waals surface area contributed by atoms with Crippen molar-refractivity contribution in [2.24, 2.45) is 0 Å². The Hall–Kier alpha value is -2.44. The highest BCUT2D eigenvalue weighted by Gasteiger charge is 2.25. The summed E-state index contributed by atoms with van der Waals surface area (Å²) in [4.78, 5) is 42.2. The molecule has 7 nitrogen and oxygen atoms in total. The molecule has 3 rings (SSSR count). The third kappa shape index (κ3) is 1.96. The summed E-state index contributed by atoms with van der Waals surface area (Å²) in [5.41, 5.74) is 0.251. The van der Waals surface area contributed by atoms with Crippen LogP contribution >= 0.6 is 0 Å². The van der Waals surface area contributed by atoms with Gasteiger partial charge < -0.3 is 5.11 Å². The van der Waals surface area contributed by atoms with Crippen molar-refractivity contribution in [2.45, 2.75) is 39.2 Å². The number of aromatic carboxylic acids is 1. The molecule has 21 heavy (non-hydrogen) atoms. The first-order valence-corrected chi connectivity index (χ1v) is 6.96. The van der Waals surface area contributed by atoms with Crippen LogP contribution in [0.25, 0.3) is 11.0 Å². The van der Waals surface area contributed by atoms with Gasteiger partial charge in [-0.05, 0) is 38.2 Å². The van der Waals surface area contributed by atoms with E-state index in [9.17, 15) is 19.5 Å². The Morgan fingerprint density at radius 3 is 2.71 bits per heavy atom. The lowest BCUT2D eigenvalue weighted by atomic mass is 9.91. The second kappa shape index (κ2) is 4.83. The van der Waals surface area contributed by atoms with Crippen molar-refractivity contribution in [3.05, 3.63) is 37.7 Å². The van der Waals surface area contributed by atoms with Crippen LogP contribution in [0.1, 0.15) is 41.4 Å². The Balaban J connectivity index is 2.57. The molecule has 0 aliphatic heterocycles. The minimum atomic E-state index is -1.15. The van der Waals surface area contributed by atoms with E-state index in [1.54, 1.807) is 6.92 Å². The fourth-order valence-electron chi connectivity index (χ4n) is 2.99. The molecule has 2 heterocycles. The maximum atomic E-state index is 12.1. The van der Waals surface area contributed by atoms with Crippen LogP contribution in [0.2, 0.25) is 0 Å². The molecule has 2 aromatic heterocycles. The van der Waals surface area contributed by atoms with Gasteiger partial charge in [0.1, 0.15) is 0 Å². The average molecular weight is 289 g/mol. The van der Waals surface area contributed by atoms with Crippen molar-refractivity contribution >= 4 is 17.0 Å². The van der Waals surface area contributed by atoms with E-state index in [1.807, 2.05) is 0 Å². The number of fused-ring (bicyclic) bond motifs is 2. The van der Waals surface area contributed by atoms with Gasteiger partial charge in [0.25, 0.3) is 5.56 Å². The highest BCUT2D eigenvalue weighted by molar-refractivity contribution is 6.03. The molecule has 7 heteroatoms. The summed E-state index contributed by atoms with van der Waals surface area (Å²) in [6, 6.07) is 0. The number of nitrogens with one attached hydrogen (secondary N) is 1. The molecule has 0 aromatic carbocycles. The van der Waals surface area contributed by atoms with E-state index in [4.69, 9.17) is 0 Å². The molecule has 2 N–H and O–H groups in total. The molecule has 0 unspecified atom stereocenters. The van der Waals surface area contributed by atoms with E-state index in [2.05, 4.69) is 9.97 Å². The number of H-pyrrole nitrogens is 1. The largest absolute Gasteiger partial charge is 0.478 e. The van der Waals surface area contributed by atoms with E-state index >= 15 is 0 Å². The van der Waals surface area contributed by atoms with Crippen LogP contribution in [0.4, 0.5) is 0 Å². The molecule has 1 aliphatic rings. The van der Waals surface area contributed by atoms with Crippen LogP contribution < -0.4 is 11.2 Å². The zero-order chi connectivity index (χ0) is 15.1. The van der Waals surface area contributed by atoms with Crippen molar-refractivity contribution in [1.29, 1.82) is 0 Å². The van der Waals surface area contributed by atoms with Crippen LogP contribution in [0.15, 0.2) is 9.59 Å². The van der Waals surface area contributed by atoms with Gasteiger partial charge in [-0.1, -0.05) is 0 Å². The summed E-state index contributed by atoms with van der Waals surface area (Å²) in [7, 11) is 0. The van der Waals surface area contributed by atoms with Crippen LogP contribution in [-0.2, 0) is 19.4 Å². The second-order valence-corrected chi connectivity index (χ2v) is 5.13. The molecule has 0 atom stereocenters. The summed E-state index contributed by atoms with van der Waals surface area (Å²) in [6.07, 6.45) is 3.09. The highest BCUT2D eigenvalue weighted by Crippen LogP contribution is 2.27. The molecule has 0 saturated carbocycles. The molecule has 0 radical (unpaired) electrons. The Morgan fingerprint density at radius 2 is 2.05 bits per heavy atom. The quantitative estimate of drug-likeness (QED) is 0.846. The standard InChI is InChI=1S/C14H15N3O4/c1-2-17-11-10(12(18)16-14(17)21)9(13(19)20)7-5-3-4-6-8(7)15-11/h2-6H2,1H3,(H,19,20)(H,16,18,21). The van der Waals surface area contributed by atoms with E-state index in [1.165, 1.54) is 4.57 Å². The number of nitrogens with zero attached hydrogens (tertiary/aromatic N) is 2. The van der Waals surface area contributed by atoms with Gasteiger partial charge in [0, 0.05) is 12.2 Å². The van der Waals surface area contributed by atoms with Crippen molar-refractivity contribution < 1.29 is 9.90 Å². The van der Waals surface area contributed by atoms with E-state index in [0.29, 0.717) is 30.6 Å². The SMILES string of the molecule is CCn1c(=O)[nH]c(=O)c2c(C(=O)O)c3c(nc21)CCCC3. The van der Waals surface area contributed by atoms with Crippen molar-refractivity contribution in [1.82, 2.24) is 14.5 Å². The zero-order valence-corrected chi connectivity index (χ0v) is 11.6. The first-order chi connectivity index (χ1) is 10.0. The summed E-state index contributed by atoms with van der Waals surface area (Å²) in [5, 5.41) is 9.53. The van der Waals surface area contributed by atoms with Gasteiger partial charge in [-0.3, -0.25) is 14.3 Å². The monoisotopic (exact) mass is 289 g/mol. The zero-order valence-electron chi connectivity index (χ0n) is 11.6. The number of rotatable bonds is 2. The predicted octanol–water partition coefficient (Wildman–Crippen LogP) is 0.682. The second-order valence-electron chi connectivity index (χ2n) is 5.13. The molecule has 0 bridgehead atoms. The normalized spacial score (nSPS) is 14.1. The van der Waals surface area contributed by atoms with Crippen molar-refractivity contribution in [3.8, 4) is 0 Å². The van der Waals surface area contributed by atoms with Gasteiger partial charge >= 0.3 is 11.7 Å². The number of carbonyl (C=O) groups is 1. The number of hydrogen-bond acceptors (Lipinski definition) is 4. The van der Waals surface area contributed by atoms with Gasteiger partial charge in [0.2, 0.25) is 0 Å². The molecule has 0 spiro atoms. The summed E-state index contributed by atoms with van der Waals surface area (Å²) in [5.74, 6) is -1.15. The number of carboxylic acid groups (broad SMARTS) is 1. The molecule has 0 amide bonds. The molecule has 0 saturated heterocycles. The number of aryl methyl sites for hydroxylation is 2. The van der Waals surface area contributed by atoms with Crippen molar-refractivity contribution in [2.75, 3.05) is 0 Å². The van der Waals surface area contributed by atoms with E-state index in [0.717, 1.165) is 12.8 Å². The maximum absolute atomic E-state index is 12.1. The Labute approximate surface area is 119 Å². The molecule has 110 valence electrons. The van der Waals surface area contributed by atoms with Crippen LogP contribution in [-0.4, -0.2) is 25.6 Å². The first-order valence-electron chi connectivity index (χ1n) is 6.96. The van der Waals surface area contributed by atoms with Gasteiger partial charge in [-0.2, -0.15) is 0 Å². The van der Waals surface area contributed by atoms with Crippen LogP contribution in [0.5, 0.6) is 0 Å². The third-order valence-corrected chi connectivity index (χ3v) is 3.93. The van der Waals surface area contributed by atoms with Gasteiger partial charge in [0.15, 0.2) is 5.65 Å². The highest BCUT2D eigenvalue weighted by atomic mass is 16.4. The van der Waals surface area contributed by atoms with Crippen LogP contribution in [0, 0.1) is 0 Å². The van der Waals surface area contributed by atoms with E-state index < -0.39 is 17.2 Å². The minimum absolute atomic E-state index is 0.00171. The lowest BCUT2D eigenvalue weighted by molar-refractivity contribution is 0.0697. The molecule has 0 fully saturated rings. The first kappa shape index (κ1) is 13.5. The predicted molar refractivity (Wildman–Crippen MR) is 75.9 cm³/mol. The lowest BCUT2D eigenvalue weighted by Crippen LogP contribution is -2.32. The third-order valence-electron chi connectivity index (χ3n) is 3.93. The lowest BCUT2D eigenvalue weighted by Gasteiger charge is -2.19. The fourth-order valence-corrected chi connectivity index (χ4v) is 2.99. The molecular weight excluding hydrogens is 274 g/mol. The summed E-state index contributed by atoms with van der Waals surface area (Å²) >= 11 is 0. The Bertz CT molecular complexity index is 863. The van der Waals surface area contributed by atoms with Crippen molar-refractivity contribution in [3.63, 3.8) is 0 Å². The molecule has 1 aliphatic carbocycles. The average Bonchev–Trinajstić information content (AvgIpc) is 2.45. The Morgan fingerprint density at radius 1 is 1.33 bits per heavy atom. The number of pyridine rings is 1. The minimum Gasteiger partial charge on any atom is -0.478 e. The smallest absolute Gasteiger partial charge is 0.336 e. The van der Waals surface area contributed by atoms with Gasteiger partial charge in [0.05, 0.1) is 10.9 Å². The number of hydrogen-bond donors (Lipinski definition) is 2. The topological polar surface area (TPSA) is 105 Å². The number of aromatic nitrogens is 3.